The Bertz CT molecular complexity index is 942. The van der Waals surface area contributed by atoms with E-state index in [2.05, 4.69) is 25.8 Å². The van der Waals surface area contributed by atoms with Crippen LogP contribution < -0.4 is 10.6 Å². The number of amides is 2. The summed E-state index contributed by atoms with van der Waals surface area (Å²) in [7, 11) is 0. The first-order valence-electron chi connectivity index (χ1n) is 9.05. The molecule has 0 saturated carbocycles. The van der Waals surface area contributed by atoms with Crippen LogP contribution in [-0.2, 0) is 16.0 Å². The molecule has 3 aromatic rings. The van der Waals surface area contributed by atoms with E-state index in [0.29, 0.717) is 36.7 Å². The number of nitrogens with one attached hydrogen (secondary N) is 2. The van der Waals surface area contributed by atoms with Crippen molar-refractivity contribution in [1.82, 2.24) is 25.8 Å². The lowest BCUT2D eigenvalue weighted by Crippen LogP contribution is -2.49. The summed E-state index contributed by atoms with van der Waals surface area (Å²) in [5.41, 5.74) is 0.624. The molecule has 0 spiro atoms. The van der Waals surface area contributed by atoms with Crippen molar-refractivity contribution in [2.45, 2.75) is 37.8 Å². The van der Waals surface area contributed by atoms with Crippen LogP contribution in [0.1, 0.15) is 36.1 Å². The van der Waals surface area contributed by atoms with Gasteiger partial charge < -0.3 is 15.2 Å². The highest BCUT2D eigenvalue weighted by Gasteiger charge is 2.31. The molecule has 0 aromatic carbocycles. The maximum Gasteiger partial charge on any atom is 0.227 e. The Morgan fingerprint density at radius 1 is 1.32 bits per heavy atom. The molecule has 2 N–H and O–H groups in total. The molecule has 2 amide bonds. The molecule has 4 rings (SSSR count). The Labute approximate surface area is 165 Å². The zero-order valence-corrected chi connectivity index (χ0v) is 15.8. The van der Waals surface area contributed by atoms with E-state index in [4.69, 9.17) is 4.52 Å². The highest BCUT2D eigenvalue weighted by molar-refractivity contribution is 7.10. The molecule has 1 aliphatic heterocycles. The molecule has 1 fully saturated rings. The summed E-state index contributed by atoms with van der Waals surface area (Å²) >= 11 is 1.57. The molecule has 0 radical (unpaired) electrons. The van der Waals surface area contributed by atoms with Crippen LogP contribution >= 0.6 is 11.3 Å². The van der Waals surface area contributed by atoms with Crippen LogP contribution in [-0.4, -0.2) is 33.0 Å². The molecule has 0 unspecified atom stereocenters. The summed E-state index contributed by atoms with van der Waals surface area (Å²) in [5.74, 6) is 0.698. The van der Waals surface area contributed by atoms with E-state index in [9.17, 15) is 9.59 Å². The first-order valence-corrected chi connectivity index (χ1v) is 9.93. The summed E-state index contributed by atoms with van der Waals surface area (Å²) in [6.45, 7) is 0. The zero-order chi connectivity index (χ0) is 19.3. The lowest BCUT2D eigenvalue weighted by atomic mass is 9.96. The second kappa shape index (κ2) is 8.30. The van der Waals surface area contributed by atoms with Crippen LogP contribution in [0, 0.1) is 0 Å². The van der Waals surface area contributed by atoms with Crippen LogP contribution in [0.3, 0.4) is 0 Å². The molecule has 9 heteroatoms. The first kappa shape index (κ1) is 18.3. The largest absolute Gasteiger partial charge is 0.351 e. The SMILES string of the molecule is O=C(CCc1nc(-c2ccccn2)no1)N[C@@H]1CCC(=O)N[C@H]1c1cccs1. The number of carbonyl (C=O) groups is 2. The molecule has 0 bridgehead atoms. The molecular formula is C19H19N5O3S. The first-order chi connectivity index (χ1) is 13.7. The van der Waals surface area contributed by atoms with Gasteiger partial charge in [-0.2, -0.15) is 4.98 Å². The number of thiophene rings is 1. The van der Waals surface area contributed by atoms with Crippen LogP contribution in [0.5, 0.6) is 0 Å². The van der Waals surface area contributed by atoms with Crippen LogP contribution in [0.15, 0.2) is 46.4 Å². The fourth-order valence-electron chi connectivity index (χ4n) is 3.15. The summed E-state index contributed by atoms with van der Waals surface area (Å²) < 4.78 is 5.22. The second-order valence-electron chi connectivity index (χ2n) is 6.50. The van der Waals surface area contributed by atoms with Crippen LogP contribution in [0.2, 0.25) is 0 Å². The van der Waals surface area contributed by atoms with Crippen molar-refractivity contribution in [3.05, 3.63) is 52.7 Å². The van der Waals surface area contributed by atoms with Gasteiger partial charge in [-0.25, -0.2) is 0 Å². The molecule has 8 nitrogen and oxygen atoms in total. The van der Waals surface area contributed by atoms with Gasteiger partial charge in [0, 0.05) is 30.3 Å². The number of hydrogen-bond donors (Lipinski definition) is 2. The van der Waals surface area contributed by atoms with Crippen LogP contribution in [0.4, 0.5) is 0 Å². The van der Waals surface area contributed by atoms with Gasteiger partial charge in [0.1, 0.15) is 5.69 Å². The Hall–Kier alpha value is -3.07. The highest BCUT2D eigenvalue weighted by Crippen LogP contribution is 2.27. The number of hydrogen-bond acceptors (Lipinski definition) is 7. The summed E-state index contributed by atoms with van der Waals surface area (Å²) in [6, 6.07) is 9.04. The van der Waals surface area contributed by atoms with E-state index in [1.165, 1.54) is 0 Å². The molecule has 3 aromatic heterocycles. The third kappa shape index (κ3) is 4.25. The fraction of sp³-hybridized carbons (Fsp3) is 0.316. The number of aryl methyl sites for hydroxylation is 1. The summed E-state index contributed by atoms with van der Waals surface area (Å²) in [4.78, 5) is 33.7. The minimum Gasteiger partial charge on any atom is -0.351 e. The lowest BCUT2D eigenvalue weighted by Gasteiger charge is -2.32. The van der Waals surface area contributed by atoms with E-state index in [1.807, 2.05) is 29.6 Å². The minimum absolute atomic E-state index is 0.0109. The van der Waals surface area contributed by atoms with Gasteiger partial charge in [-0.15, -0.1) is 11.3 Å². The van der Waals surface area contributed by atoms with Gasteiger partial charge in [-0.1, -0.05) is 17.3 Å². The van der Waals surface area contributed by atoms with Crippen molar-refractivity contribution in [3.63, 3.8) is 0 Å². The number of pyridine rings is 1. The normalized spacial score (nSPS) is 19.2. The smallest absolute Gasteiger partial charge is 0.227 e. The number of carbonyl (C=O) groups excluding carboxylic acids is 2. The average molecular weight is 397 g/mol. The Kier molecular flexibility index (Phi) is 5.43. The van der Waals surface area contributed by atoms with Crippen molar-refractivity contribution < 1.29 is 14.1 Å². The quantitative estimate of drug-likeness (QED) is 0.660. The van der Waals surface area contributed by atoms with Crippen molar-refractivity contribution in [1.29, 1.82) is 0 Å². The number of piperidine rings is 1. The molecule has 2 atom stereocenters. The van der Waals surface area contributed by atoms with Crippen molar-refractivity contribution in [2.24, 2.45) is 0 Å². The fourth-order valence-corrected chi connectivity index (χ4v) is 3.99. The van der Waals surface area contributed by atoms with Gasteiger partial charge >= 0.3 is 0 Å². The number of nitrogens with zero attached hydrogens (tertiary/aromatic N) is 3. The third-order valence-electron chi connectivity index (χ3n) is 4.53. The van der Waals surface area contributed by atoms with E-state index < -0.39 is 0 Å². The van der Waals surface area contributed by atoms with E-state index in [1.54, 1.807) is 23.6 Å². The number of rotatable bonds is 6. The molecule has 1 aliphatic rings. The van der Waals surface area contributed by atoms with Crippen LogP contribution in [0.25, 0.3) is 11.5 Å². The lowest BCUT2D eigenvalue weighted by molar-refractivity contribution is -0.127. The maximum atomic E-state index is 12.4. The van der Waals surface area contributed by atoms with Gasteiger partial charge in [0.15, 0.2) is 0 Å². The van der Waals surface area contributed by atoms with Crippen molar-refractivity contribution >= 4 is 23.2 Å². The summed E-state index contributed by atoms with van der Waals surface area (Å²) in [6.07, 6.45) is 3.25. The van der Waals surface area contributed by atoms with Gasteiger partial charge in [0.2, 0.25) is 23.5 Å². The standard InChI is InChI=1S/C19H19N5O3S/c25-15(8-9-17-23-19(24-27-17)13-4-1-2-10-20-13)21-12-6-7-16(26)22-18(12)14-5-3-11-28-14/h1-5,10-12,18H,6-9H2,(H,21,25)(H,22,26)/t12-,18-/m1/s1. The Morgan fingerprint density at radius 3 is 3.04 bits per heavy atom. The maximum absolute atomic E-state index is 12.4. The van der Waals surface area contributed by atoms with Crippen molar-refractivity contribution in [2.75, 3.05) is 0 Å². The molecule has 144 valence electrons. The van der Waals surface area contributed by atoms with Gasteiger partial charge in [0.05, 0.1) is 12.1 Å². The summed E-state index contributed by atoms with van der Waals surface area (Å²) in [5, 5.41) is 11.9. The van der Waals surface area contributed by atoms with Gasteiger partial charge in [0.25, 0.3) is 0 Å². The van der Waals surface area contributed by atoms with E-state index in [0.717, 1.165) is 4.88 Å². The molecular weight excluding hydrogens is 378 g/mol. The Morgan fingerprint density at radius 2 is 2.25 bits per heavy atom. The predicted molar refractivity (Wildman–Crippen MR) is 102 cm³/mol. The predicted octanol–water partition coefficient (Wildman–Crippen LogP) is 2.26. The molecule has 28 heavy (non-hydrogen) atoms. The average Bonchev–Trinajstić information content (AvgIpc) is 3.41. The molecule has 0 aliphatic carbocycles. The van der Waals surface area contributed by atoms with Gasteiger partial charge in [-0.3, -0.25) is 14.6 Å². The second-order valence-corrected chi connectivity index (χ2v) is 7.48. The topological polar surface area (TPSA) is 110 Å². The number of aromatic nitrogens is 3. The van der Waals surface area contributed by atoms with E-state index >= 15 is 0 Å². The van der Waals surface area contributed by atoms with Crippen molar-refractivity contribution in [3.8, 4) is 11.5 Å². The minimum atomic E-state index is -0.190. The highest BCUT2D eigenvalue weighted by atomic mass is 32.1. The van der Waals surface area contributed by atoms with Gasteiger partial charge in [-0.05, 0) is 30.0 Å². The monoisotopic (exact) mass is 397 g/mol. The third-order valence-corrected chi connectivity index (χ3v) is 5.48. The Balaban J connectivity index is 1.34. The molecule has 4 heterocycles. The molecule has 1 saturated heterocycles. The van der Waals surface area contributed by atoms with E-state index in [-0.39, 0.29) is 30.3 Å². The zero-order valence-electron chi connectivity index (χ0n) is 15.0.